The van der Waals surface area contributed by atoms with Gasteiger partial charge in [0.2, 0.25) is 0 Å². The average molecular weight is 1280 g/mol. The zero-order chi connectivity index (χ0) is 65.9. The van der Waals surface area contributed by atoms with Crippen LogP contribution in [0.1, 0.15) is 44.5 Å². The normalized spacial score (nSPS) is 13.3. The van der Waals surface area contributed by atoms with Gasteiger partial charge in [-0.05, 0) is 128 Å². The van der Waals surface area contributed by atoms with E-state index in [4.69, 9.17) is 39.4 Å². The van der Waals surface area contributed by atoms with E-state index in [2.05, 4.69) is 255 Å². The van der Waals surface area contributed by atoms with Crippen molar-refractivity contribution in [2.45, 2.75) is 10.8 Å². The van der Waals surface area contributed by atoms with Gasteiger partial charge < -0.3 is 9.47 Å². The zero-order valence-electron chi connectivity index (χ0n) is 53.8. The minimum absolute atomic E-state index is 0.541. The highest BCUT2D eigenvalue weighted by Gasteiger charge is 2.53. The summed E-state index contributed by atoms with van der Waals surface area (Å²) in [5.41, 5.74) is 27.0. The number of pyridine rings is 2. The summed E-state index contributed by atoms with van der Waals surface area (Å²) in [5.74, 6) is 4.48. The van der Waals surface area contributed by atoms with Crippen LogP contribution in [0.15, 0.2) is 340 Å². The van der Waals surface area contributed by atoms with Crippen LogP contribution in [0, 0.1) is 0 Å². The molecule has 466 valence electrons. The predicted molar refractivity (Wildman–Crippen MR) is 397 cm³/mol. The second-order valence-electron chi connectivity index (χ2n) is 26.0. The van der Waals surface area contributed by atoms with Gasteiger partial charge in [-0.1, -0.05) is 261 Å². The molecule has 6 heterocycles. The van der Waals surface area contributed by atoms with Crippen LogP contribution in [0.2, 0.25) is 0 Å². The van der Waals surface area contributed by atoms with E-state index >= 15 is 0 Å². The molecule has 0 radical (unpaired) electrons. The molecular weight excluding hydrogens is 1220 g/mol. The summed E-state index contributed by atoms with van der Waals surface area (Å²) in [6.07, 6.45) is 1.93. The maximum Gasteiger partial charge on any atom is 0.160 e. The second-order valence-corrected chi connectivity index (χ2v) is 26.0. The first kappa shape index (κ1) is 57.0. The fourth-order valence-electron chi connectivity index (χ4n) is 16.1. The van der Waals surface area contributed by atoms with Gasteiger partial charge in [0, 0.05) is 67.4 Å². The van der Waals surface area contributed by atoms with Crippen LogP contribution in [0.4, 0.5) is 0 Å². The van der Waals surface area contributed by atoms with Gasteiger partial charge in [0.15, 0.2) is 11.6 Å². The third-order valence-electron chi connectivity index (χ3n) is 20.5. The number of fused-ring (bicyclic) bond motifs is 18. The van der Waals surface area contributed by atoms with Crippen LogP contribution < -0.4 is 9.47 Å². The van der Waals surface area contributed by atoms with Crippen LogP contribution in [-0.2, 0) is 10.8 Å². The lowest BCUT2D eigenvalue weighted by Crippen LogP contribution is -2.32. The molecule has 0 N–H and O–H groups in total. The molecule has 0 amide bonds. The Labute approximate surface area is 578 Å². The lowest BCUT2D eigenvalue weighted by atomic mass is 9.65. The van der Waals surface area contributed by atoms with Gasteiger partial charge in [-0.2, -0.15) is 0 Å². The van der Waals surface area contributed by atoms with Crippen molar-refractivity contribution in [1.82, 2.24) is 29.9 Å². The molecule has 2 spiro atoms. The fourth-order valence-corrected chi connectivity index (χ4v) is 16.1. The van der Waals surface area contributed by atoms with Crippen LogP contribution >= 0.6 is 0 Å². The zero-order valence-corrected chi connectivity index (χ0v) is 53.8. The molecule has 8 heteroatoms. The third-order valence-corrected chi connectivity index (χ3v) is 20.5. The summed E-state index contributed by atoms with van der Waals surface area (Å²) >= 11 is 0. The van der Waals surface area contributed by atoms with Crippen LogP contribution in [0.5, 0.6) is 23.0 Å². The van der Waals surface area contributed by atoms with E-state index in [-0.39, 0.29) is 0 Å². The smallest absolute Gasteiger partial charge is 0.160 e. The Morgan fingerprint density at radius 1 is 0.190 bits per heavy atom. The van der Waals surface area contributed by atoms with Gasteiger partial charge in [0.05, 0.1) is 50.7 Å². The van der Waals surface area contributed by atoms with E-state index in [0.717, 1.165) is 135 Å². The van der Waals surface area contributed by atoms with Crippen molar-refractivity contribution in [3.63, 3.8) is 0 Å². The van der Waals surface area contributed by atoms with Crippen molar-refractivity contribution in [3.8, 4) is 147 Å². The van der Waals surface area contributed by atoms with Crippen molar-refractivity contribution in [2.75, 3.05) is 0 Å². The van der Waals surface area contributed by atoms with Gasteiger partial charge in [0.25, 0.3) is 0 Å². The van der Waals surface area contributed by atoms with Gasteiger partial charge in [-0.15, -0.1) is 0 Å². The Morgan fingerprint density at radius 2 is 0.580 bits per heavy atom. The Bertz CT molecular complexity index is 5850. The quantitative estimate of drug-likeness (QED) is 0.141. The lowest BCUT2D eigenvalue weighted by Gasteiger charge is -2.39. The Morgan fingerprint density at radius 3 is 1.16 bits per heavy atom. The molecule has 0 saturated carbocycles. The Hall–Kier alpha value is -13.3. The number of hydrogen-bond donors (Lipinski definition) is 0. The monoisotopic (exact) mass is 1280 g/mol. The predicted octanol–water partition coefficient (Wildman–Crippen LogP) is 22.0. The van der Waals surface area contributed by atoms with Crippen LogP contribution in [0.25, 0.3) is 124 Å². The van der Waals surface area contributed by atoms with Crippen molar-refractivity contribution in [3.05, 3.63) is 384 Å². The summed E-state index contributed by atoms with van der Waals surface area (Å²) in [6.45, 7) is 0. The molecule has 100 heavy (non-hydrogen) atoms. The highest BCUT2D eigenvalue weighted by molar-refractivity contribution is 5.92. The topological polar surface area (TPSA) is 95.8 Å². The van der Waals surface area contributed by atoms with E-state index in [9.17, 15) is 0 Å². The molecule has 0 atom stereocenters. The molecule has 2 aliphatic heterocycles. The number of benzene rings is 12. The summed E-state index contributed by atoms with van der Waals surface area (Å²) in [4.78, 5) is 31.3. The molecule has 4 aromatic heterocycles. The molecule has 0 bridgehead atoms. The highest BCUT2D eigenvalue weighted by Crippen LogP contribution is 2.64. The molecule has 20 rings (SSSR count). The van der Waals surface area contributed by atoms with Crippen molar-refractivity contribution in [1.29, 1.82) is 0 Å². The van der Waals surface area contributed by atoms with Crippen molar-refractivity contribution in [2.24, 2.45) is 0 Å². The first-order chi connectivity index (χ1) is 49.5. The fraction of sp³-hybridized carbons (Fsp3) is 0.0217. The second kappa shape index (κ2) is 22.7. The number of rotatable bonds is 9. The van der Waals surface area contributed by atoms with E-state index in [1.807, 2.05) is 85.1 Å². The summed E-state index contributed by atoms with van der Waals surface area (Å²) in [6, 6.07) is 117. The standard InChI is InChI=1S/C92H56N6O2/c1-4-22-57(23-5-1)81-55-84(98-90(95-81)59-26-8-3-9-27-59)80-40-21-39-79(94-80)64-43-47-76-88(53-64)100-86-49-45-61(51-77(86)92(76)72-36-16-12-32-68(72)69-33-13-17-37-73(69)92)60-28-20-29-62(50-60)82-54-83(97-89(96-82)58-24-6-2-7-25-58)65-44-48-78(93-56-65)63-42-46-75-87(52-63)99-85-41-19-18-38-74(85)91(75)70-34-14-10-30-66(70)67-31-11-15-35-71(67)91/h1-56H. The molecule has 2 aliphatic carbocycles. The van der Waals surface area contributed by atoms with Crippen molar-refractivity contribution < 1.29 is 9.47 Å². The Balaban J connectivity index is 0.657. The maximum atomic E-state index is 7.22. The van der Waals surface area contributed by atoms with E-state index < -0.39 is 10.8 Å². The summed E-state index contributed by atoms with van der Waals surface area (Å²) in [7, 11) is 0. The average Bonchev–Trinajstić information content (AvgIpc) is 1.49. The number of aromatic nitrogens is 6. The molecule has 0 saturated heterocycles. The van der Waals surface area contributed by atoms with Gasteiger partial charge in [-0.3, -0.25) is 4.98 Å². The van der Waals surface area contributed by atoms with Gasteiger partial charge in [-0.25, -0.2) is 24.9 Å². The molecule has 12 aromatic carbocycles. The van der Waals surface area contributed by atoms with Gasteiger partial charge >= 0.3 is 0 Å². The minimum Gasteiger partial charge on any atom is -0.457 e. The summed E-state index contributed by atoms with van der Waals surface area (Å²) < 4.78 is 14.1. The number of hydrogen-bond acceptors (Lipinski definition) is 8. The van der Waals surface area contributed by atoms with E-state index in [0.29, 0.717) is 11.6 Å². The molecule has 0 fully saturated rings. The van der Waals surface area contributed by atoms with Crippen molar-refractivity contribution >= 4 is 0 Å². The first-order valence-electron chi connectivity index (χ1n) is 33.8. The van der Waals surface area contributed by atoms with Crippen LogP contribution in [-0.4, -0.2) is 29.9 Å². The number of para-hydroxylation sites is 1. The largest absolute Gasteiger partial charge is 0.457 e. The Kier molecular flexibility index (Phi) is 12.9. The first-order valence-corrected chi connectivity index (χ1v) is 33.8. The van der Waals surface area contributed by atoms with E-state index in [1.165, 1.54) is 44.5 Å². The third kappa shape index (κ3) is 8.87. The minimum atomic E-state index is -0.728. The van der Waals surface area contributed by atoms with Gasteiger partial charge in [0.1, 0.15) is 23.0 Å². The molecule has 8 nitrogen and oxygen atoms in total. The molecule has 16 aromatic rings. The number of nitrogens with zero attached hydrogens (tertiary/aromatic N) is 6. The number of ether oxygens (including phenoxy) is 2. The maximum absolute atomic E-state index is 7.22. The highest BCUT2D eigenvalue weighted by atomic mass is 16.5. The SMILES string of the molecule is c1ccc(-c2cc(-c3cccc(-c4ccc5c(c4)Oc4ccc(-c6cccc(-c7cc(-c8ccc(-c9ccc%10c(c9)Oc9ccccc9C%109c%10ccccc%10-c%10ccccc%109)nc8)nc(-c8ccccc8)n7)c6)cc4C54c5ccccc5-c5ccccc54)n3)nc(-c3ccccc3)n2)cc1. The van der Waals surface area contributed by atoms with Crippen LogP contribution in [0.3, 0.4) is 0 Å². The molecule has 4 aliphatic rings. The van der Waals surface area contributed by atoms with E-state index in [1.54, 1.807) is 0 Å². The lowest BCUT2D eigenvalue weighted by molar-refractivity contribution is 0.436. The summed E-state index contributed by atoms with van der Waals surface area (Å²) in [5, 5.41) is 0. The molecule has 0 unspecified atom stereocenters. The molecular formula is C92H56N6O2.